The lowest BCUT2D eigenvalue weighted by molar-refractivity contribution is 0.149. The number of sulfonamides is 1. The van der Waals surface area contributed by atoms with Crippen LogP contribution in [-0.4, -0.2) is 81.0 Å². The van der Waals surface area contributed by atoms with E-state index < -0.39 is 10.0 Å². The Morgan fingerprint density at radius 2 is 1.91 bits per heavy atom. The number of urea groups is 1. The maximum atomic E-state index is 12.7. The summed E-state index contributed by atoms with van der Waals surface area (Å²) in [4.78, 5) is 16.1. The molecule has 1 aromatic carbocycles. The molecule has 2 heterocycles. The first-order valence-corrected chi connectivity index (χ1v) is 9.07. The minimum atomic E-state index is -3.50. The summed E-state index contributed by atoms with van der Waals surface area (Å²) in [5.74, 6) is 0. The number of carbonyl (C=O) groups is 1. The van der Waals surface area contributed by atoms with Crippen molar-refractivity contribution in [1.29, 1.82) is 0 Å². The van der Waals surface area contributed by atoms with Crippen molar-refractivity contribution in [2.45, 2.75) is 10.9 Å². The summed E-state index contributed by atoms with van der Waals surface area (Å²) < 4.78 is 31.9. The number of rotatable bonds is 5. The van der Waals surface area contributed by atoms with E-state index in [0.29, 0.717) is 44.2 Å². The lowest BCUT2D eigenvalue weighted by Gasteiger charge is -2.35. The van der Waals surface area contributed by atoms with Gasteiger partial charge < -0.3 is 14.5 Å². The molecule has 0 aromatic heterocycles. The van der Waals surface area contributed by atoms with Crippen LogP contribution in [0.5, 0.6) is 0 Å². The third kappa shape index (κ3) is 3.06. The van der Waals surface area contributed by atoms with Crippen LogP contribution in [0, 0.1) is 0 Å². The van der Waals surface area contributed by atoms with Crippen molar-refractivity contribution in [2.75, 3.05) is 46.4 Å². The average molecular weight is 339 g/mol. The molecule has 2 aliphatic heterocycles. The average Bonchev–Trinajstić information content (AvgIpc) is 2.89. The topological polar surface area (TPSA) is 70.2 Å². The van der Waals surface area contributed by atoms with Crippen molar-refractivity contribution in [2.24, 2.45) is 0 Å². The quantitative estimate of drug-likeness (QED) is 0.781. The van der Waals surface area contributed by atoms with Crippen LogP contribution in [0.4, 0.5) is 4.79 Å². The molecule has 126 valence electrons. The van der Waals surface area contributed by atoms with E-state index in [2.05, 4.69) is 0 Å². The van der Waals surface area contributed by atoms with E-state index in [1.165, 1.54) is 4.31 Å². The standard InChI is InChI=1S/C15H21N3O4S/c1-22-10-9-16-11-13-12-17(7-8-18(13)15(16)19)23(20,21)14-5-3-2-4-6-14/h2-6,13H,7-12H2,1H3/t13-/m0/s1. The number of benzene rings is 1. The van der Waals surface area contributed by atoms with Gasteiger partial charge in [-0.2, -0.15) is 4.31 Å². The van der Waals surface area contributed by atoms with Gasteiger partial charge in [0.15, 0.2) is 0 Å². The molecule has 8 heteroatoms. The molecule has 2 fully saturated rings. The van der Waals surface area contributed by atoms with Gasteiger partial charge in [0.25, 0.3) is 0 Å². The number of fused-ring (bicyclic) bond motifs is 1. The Labute approximate surface area is 136 Å². The lowest BCUT2D eigenvalue weighted by atomic mass is 10.2. The predicted octanol–water partition coefficient (Wildman–Crippen LogP) is 0.444. The first-order valence-electron chi connectivity index (χ1n) is 7.63. The highest BCUT2D eigenvalue weighted by Gasteiger charge is 2.43. The summed E-state index contributed by atoms with van der Waals surface area (Å²) >= 11 is 0. The van der Waals surface area contributed by atoms with E-state index in [1.807, 2.05) is 0 Å². The third-order valence-electron chi connectivity index (χ3n) is 4.34. The van der Waals surface area contributed by atoms with Gasteiger partial charge in [0, 0.05) is 39.8 Å². The maximum absolute atomic E-state index is 12.7. The maximum Gasteiger partial charge on any atom is 0.320 e. The van der Waals surface area contributed by atoms with Gasteiger partial charge in [-0.15, -0.1) is 0 Å². The van der Waals surface area contributed by atoms with Gasteiger partial charge in [-0.3, -0.25) is 0 Å². The van der Waals surface area contributed by atoms with E-state index in [0.717, 1.165) is 0 Å². The van der Waals surface area contributed by atoms with Crippen molar-refractivity contribution >= 4 is 16.1 Å². The molecule has 7 nitrogen and oxygen atoms in total. The Morgan fingerprint density at radius 3 is 2.61 bits per heavy atom. The Bertz CT molecular complexity index is 665. The van der Waals surface area contributed by atoms with Crippen LogP contribution in [0.15, 0.2) is 35.2 Å². The summed E-state index contributed by atoms with van der Waals surface area (Å²) in [6, 6.07) is 8.32. The van der Waals surface area contributed by atoms with Crippen LogP contribution in [0.3, 0.4) is 0 Å². The number of nitrogens with zero attached hydrogens (tertiary/aromatic N) is 3. The van der Waals surface area contributed by atoms with E-state index in [-0.39, 0.29) is 12.1 Å². The highest BCUT2D eigenvalue weighted by Crippen LogP contribution is 2.24. The fourth-order valence-corrected chi connectivity index (χ4v) is 4.59. The van der Waals surface area contributed by atoms with Gasteiger partial charge in [-0.05, 0) is 12.1 Å². The Balaban J connectivity index is 1.72. The summed E-state index contributed by atoms with van der Waals surface area (Å²) in [5.41, 5.74) is 0. The van der Waals surface area contributed by atoms with E-state index in [4.69, 9.17) is 4.74 Å². The zero-order valence-corrected chi connectivity index (χ0v) is 13.9. The molecule has 0 spiro atoms. The number of amides is 2. The molecule has 2 amide bonds. The smallest absolute Gasteiger partial charge is 0.320 e. The van der Waals surface area contributed by atoms with E-state index in [9.17, 15) is 13.2 Å². The van der Waals surface area contributed by atoms with Crippen molar-refractivity contribution in [1.82, 2.24) is 14.1 Å². The van der Waals surface area contributed by atoms with Gasteiger partial charge in [0.2, 0.25) is 10.0 Å². The van der Waals surface area contributed by atoms with Gasteiger partial charge in [0.1, 0.15) is 0 Å². The molecule has 0 aliphatic carbocycles. The molecule has 1 aromatic rings. The molecule has 3 rings (SSSR count). The number of hydrogen-bond donors (Lipinski definition) is 0. The number of hydrogen-bond acceptors (Lipinski definition) is 4. The van der Waals surface area contributed by atoms with Crippen molar-refractivity contribution < 1.29 is 17.9 Å². The van der Waals surface area contributed by atoms with Crippen LogP contribution in [0.1, 0.15) is 0 Å². The lowest BCUT2D eigenvalue weighted by Crippen LogP contribution is -2.53. The molecular formula is C15H21N3O4S. The predicted molar refractivity (Wildman–Crippen MR) is 84.5 cm³/mol. The monoisotopic (exact) mass is 339 g/mol. The highest BCUT2D eigenvalue weighted by molar-refractivity contribution is 7.89. The Hall–Kier alpha value is -1.64. The number of carbonyl (C=O) groups excluding carboxylic acids is 1. The second-order valence-corrected chi connectivity index (χ2v) is 7.68. The fourth-order valence-electron chi connectivity index (χ4n) is 3.10. The largest absolute Gasteiger partial charge is 0.383 e. The Morgan fingerprint density at radius 1 is 1.17 bits per heavy atom. The second kappa shape index (κ2) is 6.46. The molecule has 2 saturated heterocycles. The summed E-state index contributed by atoms with van der Waals surface area (Å²) in [6.45, 7) is 2.66. The van der Waals surface area contributed by atoms with E-state index in [1.54, 1.807) is 47.2 Å². The van der Waals surface area contributed by atoms with Crippen LogP contribution >= 0.6 is 0 Å². The molecule has 23 heavy (non-hydrogen) atoms. The molecule has 0 N–H and O–H groups in total. The Kier molecular flexibility index (Phi) is 4.56. The summed E-state index contributed by atoms with van der Waals surface area (Å²) in [5, 5.41) is 0. The first-order chi connectivity index (χ1) is 11.0. The molecular weight excluding hydrogens is 318 g/mol. The van der Waals surface area contributed by atoms with Gasteiger partial charge >= 0.3 is 6.03 Å². The number of methoxy groups -OCH3 is 1. The van der Waals surface area contributed by atoms with Crippen molar-refractivity contribution in [3.63, 3.8) is 0 Å². The van der Waals surface area contributed by atoms with Gasteiger partial charge in [-0.1, -0.05) is 18.2 Å². The van der Waals surface area contributed by atoms with Crippen LogP contribution in [-0.2, 0) is 14.8 Å². The van der Waals surface area contributed by atoms with Crippen LogP contribution in [0.25, 0.3) is 0 Å². The molecule has 0 radical (unpaired) electrons. The van der Waals surface area contributed by atoms with Crippen molar-refractivity contribution in [3.05, 3.63) is 30.3 Å². The van der Waals surface area contributed by atoms with Crippen molar-refractivity contribution in [3.8, 4) is 0 Å². The second-order valence-electron chi connectivity index (χ2n) is 5.74. The highest BCUT2D eigenvalue weighted by atomic mass is 32.2. The zero-order valence-electron chi connectivity index (χ0n) is 13.1. The minimum absolute atomic E-state index is 0.0243. The van der Waals surface area contributed by atoms with Gasteiger partial charge in [0.05, 0.1) is 17.5 Å². The molecule has 1 atom stereocenters. The SMILES string of the molecule is COCCN1C[C@H]2CN(S(=O)(=O)c3ccccc3)CCN2C1=O. The molecule has 0 bridgehead atoms. The third-order valence-corrected chi connectivity index (χ3v) is 6.22. The van der Waals surface area contributed by atoms with Gasteiger partial charge in [-0.25, -0.2) is 13.2 Å². The van der Waals surface area contributed by atoms with Crippen LogP contribution in [0.2, 0.25) is 0 Å². The molecule has 0 saturated carbocycles. The summed E-state index contributed by atoms with van der Waals surface area (Å²) in [6.07, 6.45) is 0. The first kappa shape index (κ1) is 16.2. The summed E-state index contributed by atoms with van der Waals surface area (Å²) in [7, 11) is -1.90. The van der Waals surface area contributed by atoms with E-state index >= 15 is 0 Å². The normalized spacial score (nSPS) is 22.5. The molecule has 0 unspecified atom stereocenters. The molecule has 2 aliphatic rings. The minimum Gasteiger partial charge on any atom is -0.383 e. The number of ether oxygens (including phenoxy) is 1. The fraction of sp³-hybridized carbons (Fsp3) is 0.533. The number of piperazine rings is 1. The zero-order chi connectivity index (χ0) is 16.4. The van der Waals surface area contributed by atoms with Crippen LogP contribution < -0.4 is 0 Å².